The average molecular weight is 398 g/mol. The number of aromatic nitrogens is 1. The first kappa shape index (κ1) is 18.1. The molecule has 1 N–H and O–H groups in total. The number of hydrogen-bond acceptors (Lipinski definition) is 6. The molecule has 1 aromatic carbocycles. The van der Waals surface area contributed by atoms with Gasteiger partial charge in [-0.3, -0.25) is 4.79 Å². The second kappa shape index (κ2) is 8.18. The average Bonchev–Trinajstić information content (AvgIpc) is 3.41. The van der Waals surface area contributed by atoms with Gasteiger partial charge in [0.05, 0.1) is 12.2 Å². The van der Waals surface area contributed by atoms with Crippen molar-refractivity contribution in [1.82, 2.24) is 9.88 Å². The summed E-state index contributed by atoms with van der Waals surface area (Å²) < 4.78 is 18.4. The number of amides is 1. The van der Waals surface area contributed by atoms with Crippen molar-refractivity contribution in [2.75, 3.05) is 19.8 Å². The summed E-state index contributed by atoms with van der Waals surface area (Å²) in [6.07, 6.45) is 3.39. The van der Waals surface area contributed by atoms with Gasteiger partial charge in [0, 0.05) is 12.4 Å². The van der Waals surface area contributed by atoms with Crippen molar-refractivity contribution in [2.24, 2.45) is 0 Å². The van der Waals surface area contributed by atoms with Crippen LogP contribution < -0.4 is 14.8 Å². The molecule has 0 fully saturated rings. The number of carbonyl (C=O) groups excluding carboxylic acids is 2. The molecular formula is C20H18N2O5S. The molecule has 3 heterocycles. The van der Waals surface area contributed by atoms with Gasteiger partial charge < -0.3 is 24.1 Å². The largest absolute Gasteiger partial charge is 0.486 e. The van der Waals surface area contributed by atoms with E-state index in [2.05, 4.69) is 5.32 Å². The van der Waals surface area contributed by atoms with Crippen molar-refractivity contribution in [3.63, 3.8) is 0 Å². The summed E-state index contributed by atoms with van der Waals surface area (Å²) in [5, 5.41) is 4.51. The Hall–Kier alpha value is -3.26. The molecule has 3 aromatic rings. The predicted octanol–water partition coefficient (Wildman–Crippen LogP) is 2.65. The number of carbonyl (C=O) groups is 2. The second-order valence-electron chi connectivity index (χ2n) is 6.10. The van der Waals surface area contributed by atoms with Crippen LogP contribution in [0.4, 0.5) is 0 Å². The molecule has 1 amide bonds. The standard InChI is InChI=1S/C20H18N2O5S/c23-18(21-11-14-12-25-16-5-1-2-6-17(16)27-14)13-26-20(24)19-15(7-10-28-19)22-8-3-4-9-22/h1-10,14H,11-13H2,(H,21,23). The van der Waals surface area contributed by atoms with Crippen molar-refractivity contribution in [3.8, 4) is 17.2 Å². The molecule has 8 heteroatoms. The number of para-hydroxylation sites is 2. The minimum absolute atomic E-state index is 0.262. The van der Waals surface area contributed by atoms with E-state index in [9.17, 15) is 9.59 Å². The zero-order valence-corrected chi connectivity index (χ0v) is 15.7. The zero-order chi connectivity index (χ0) is 19.3. The monoisotopic (exact) mass is 398 g/mol. The van der Waals surface area contributed by atoms with Gasteiger partial charge in [0.2, 0.25) is 0 Å². The predicted molar refractivity (Wildman–Crippen MR) is 103 cm³/mol. The lowest BCUT2D eigenvalue weighted by Gasteiger charge is -2.26. The van der Waals surface area contributed by atoms with Crippen LogP contribution in [-0.2, 0) is 9.53 Å². The maximum atomic E-state index is 12.3. The van der Waals surface area contributed by atoms with E-state index in [1.54, 1.807) is 0 Å². The fourth-order valence-electron chi connectivity index (χ4n) is 2.79. The van der Waals surface area contributed by atoms with E-state index < -0.39 is 11.9 Å². The van der Waals surface area contributed by atoms with E-state index in [4.69, 9.17) is 14.2 Å². The summed E-state index contributed by atoms with van der Waals surface area (Å²) in [7, 11) is 0. The van der Waals surface area contributed by atoms with Crippen LogP contribution in [0.5, 0.6) is 11.5 Å². The molecule has 0 saturated heterocycles. The number of ether oxygens (including phenoxy) is 3. The lowest BCUT2D eigenvalue weighted by molar-refractivity contribution is -0.124. The molecular weight excluding hydrogens is 380 g/mol. The van der Waals surface area contributed by atoms with Crippen molar-refractivity contribution in [3.05, 3.63) is 65.1 Å². The summed E-state index contributed by atoms with van der Waals surface area (Å²) in [4.78, 5) is 24.8. The van der Waals surface area contributed by atoms with Crippen LogP contribution in [0.3, 0.4) is 0 Å². The van der Waals surface area contributed by atoms with Gasteiger partial charge in [0.15, 0.2) is 18.1 Å². The molecule has 144 valence electrons. The van der Waals surface area contributed by atoms with Gasteiger partial charge in [0.25, 0.3) is 5.91 Å². The Labute approximate surface area is 165 Å². The zero-order valence-electron chi connectivity index (χ0n) is 14.9. The minimum atomic E-state index is -0.528. The minimum Gasteiger partial charge on any atom is -0.486 e. The Balaban J connectivity index is 1.25. The van der Waals surface area contributed by atoms with Gasteiger partial charge >= 0.3 is 5.97 Å². The number of benzene rings is 1. The van der Waals surface area contributed by atoms with E-state index in [1.165, 1.54) is 11.3 Å². The third-order valence-corrected chi connectivity index (χ3v) is 5.02. The Bertz CT molecular complexity index is 967. The Morgan fingerprint density at radius 2 is 1.93 bits per heavy atom. The number of nitrogens with one attached hydrogen (secondary N) is 1. The highest BCUT2D eigenvalue weighted by Gasteiger charge is 2.22. The van der Waals surface area contributed by atoms with Crippen molar-refractivity contribution >= 4 is 23.2 Å². The quantitative estimate of drug-likeness (QED) is 0.646. The molecule has 1 atom stereocenters. The van der Waals surface area contributed by atoms with Crippen LogP contribution >= 0.6 is 11.3 Å². The van der Waals surface area contributed by atoms with Gasteiger partial charge in [-0.2, -0.15) is 0 Å². The van der Waals surface area contributed by atoms with Crippen molar-refractivity contribution in [1.29, 1.82) is 0 Å². The molecule has 7 nitrogen and oxygen atoms in total. The van der Waals surface area contributed by atoms with Crippen molar-refractivity contribution < 1.29 is 23.8 Å². The van der Waals surface area contributed by atoms with Gasteiger partial charge in [-0.05, 0) is 35.7 Å². The van der Waals surface area contributed by atoms with Crippen LogP contribution in [-0.4, -0.2) is 42.3 Å². The summed E-state index contributed by atoms with van der Waals surface area (Å²) in [5.74, 6) is 0.415. The molecule has 2 aromatic heterocycles. The molecule has 28 heavy (non-hydrogen) atoms. The first-order valence-electron chi connectivity index (χ1n) is 8.74. The smallest absolute Gasteiger partial charge is 0.350 e. The molecule has 0 spiro atoms. The molecule has 0 aliphatic carbocycles. The van der Waals surface area contributed by atoms with Gasteiger partial charge in [-0.1, -0.05) is 12.1 Å². The van der Waals surface area contributed by atoms with Crippen LogP contribution in [0.25, 0.3) is 5.69 Å². The fourth-order valence-corrected chi connectivity index (χ4v) is 3.58. The molecule has 0 saturated carbocycles. The molecule has 1 aliphatic heterocycles. The molecule has 1 aliphatic rings. The molecule has 4 rings (SSSR count). The normalized spacial score (nSPS) is 15.1. The van der Waals surface area contributed by atoms with E-state index in [0.717, 1.165) is 5.69 Å². The number of fused-ring (bicyclic) bond motifs is 1. The van der Waals surface area contributed by atoms with Crippen LogP contribution in [0.1, 0.15) is 9.67 Å². The Kier molecular flexibility index (Phi) is 5.29. The van der Waals surface area contributed by atoms with Gasteiger partial charge in [-0.15, -0.1) is 11.3 Å². The summed E-state index contributed by atoms with van der Waals surface area (Å²) >= 11 is 1.27. The van der Waals surface area contributed by atoms with E-state index >= 15 is 0 Å². The summed E-state index contributed by atoms with van der Waals surface area (Å²) in [6, 6.07) is 12.9. The topological polar surface area (TPSA) is 78.8 Å². The fraction of sp³-hybridized carbons (Fsp3) is 0.200. The Morgan fingerprint density at radius 3 is 2.75 bits per heavy atom. The Morgan fingerprint density at radius 1 is 1.14 bits per heavy atom. The van der Waals surface area contributed by atoms with Crippen LogP contribution in [0.15, 0.2) is 60.2 Å². The van der Waals surface area contributed by atoms with Crippen LogP contribution in [0.2, 0.25) is 0 Å². The number of rotatable bonds is 6. The van der Waals surface area contributed by atoms with E-state index in [-0.39, 0.29) is 19.3 Å². The lowest BCUT2D eigenvalue weighted by Crippen LogP contribution is -2.42. The SMILES string of the molecule is O=C(COC(=O)c1sccc1-n1cccc1)NCC1COc2ccccc2O1. The van der Waals surface area contributed by atoms with E-state index in [0.29, 0.717) is 23.0 Å². The summed E-state index contributed by atoms with van der Waals surface area (Å²) in [6.45, 7) is 0.247. The third kappa shape index (κ3) is 4.01. The first-order chi connectivity index (χ1) is 13.7. The number of hydrogen-bond donors (Lipinski definition) is 1. The van der Waals surface area contributed by atoms with Gasteiger partial charge in [-0.25, -0.2) is 4.79 Å². The van der Waals surface area contributed by atoms with Gasteiger partial charge in [0.1, 0.15) is 17.6 Å². The summed E-state index contributed by atoms with van der Waals surface area (Å²) in [5.41, 5.74) is 0.729. The molecule has 0 bridgehead atoms. The molecule has 0 radical (unpaired) electrons. The highest BCUT2D eigenvalue weighted by Crippen LogP contribution is 2.30. The highest BCUT2D eigenvalue weighted by atomic mass is 32.1. The molecule has 1 unspecified atom stereocenters. The number of nitrogens with zero attached hydrogens (tertiary/aromatic N) is 1. The first-order valence-corrected chi connectivity index (χ1v) is 9.62. The number of thiophene rings is 1. The van der Waals surface area contributed by atoms with Crippen LogP contribution in [0, 0.1) is 0 Å². The van der Waals surface area contributed by atoms with Crippen molar-refractivity contribution in [2.45, 2.75) is 6.10 Å². The lowest BCUT2D eigenvalue weighted by atomic mass is 10.2. The maximum absolute atomic E-state index is 12.3. The van der Waals surface area contributed by atoms with E-state index in [1.807, 2.05) is 64.8 Å². The highest BCUT2D eigenvalue weighted by molar-refractivity contribution is 7.12. The number of esters is 1. The second-order valence-corrected chi connectivity index (χ2v) is 7.02. The maximum Gasteiger partial charge on any atom is 0.350 e. The third-order valence-electron chi connectivity index (χ3n) is 4.14.